The third-order valence-electron chi connectivity index (χ3n) is 5.50. The number of benzene rings is 1. The summed E-state index contributed by atoms with van der Waals surface area (Å²) in [7, 11) is 0. The van der Waals surface area contributed by atoms with Gasteiger partial charge in [0.1, 0.15) is 13.2 Å². The van der Waals surface area contributed by atoms with Crippen molar-refractivity contribution in [2.45, 2.75) is 38.8 Å². The number of rotatable bonds is 10. The lowest BCUT2D eigenvalue weighted by molar-refractivity contribution is 0.132. The Labute approximate surface area is 178 Å². The van der Waals surface area contributed by atoms with Crippen molar-refractivity contribution in [1.82, 2.24) is 20.4 Å². The molecule has 1 aromatic carbocycles. The average Bonchev–Trinajstić information content (AvgIpc) is 3.56. The second-order valence-corrected chi connectivity index (χ2v) is 9.04. The van der Waals surface area contributed by atoms with Crippen LogP contribution in [-0.2, 0) is 20.6 Å². The largest absolute Gasteiger partial charge is 0.448 e. The molecule has 30 heavy (non-hydrogen) atoms. The van der Waals surface area contributed by atoms with E-state index in [1.165, 1.54) is 0 Å². The molecule has 2 heterocycles. The van der Waals surface area contributed by atoms with Gasteiger partial charge in [-0.25, -0.2) is 9.59 Å². The molecule has 0 aliphatic carbocycles. The SMILES string of the molecule is CC(C)(NC(=O)OCCN1CC1)c1cccc(C(C)(C)NC(=O)OCCN2CC2)c1. The number of nitrogens with one attached hydrogen (secondary N) is 2. The molecule has 0 aromatic heterocycles. The number of hydrogen-bond donors (Lipinski definition) is 2. The smallest absolute Gasteiger partial charge is 0.407 e. The zero-order valence-corrected chi connectivity index (χ0v) is 18.5. The van der Waals surface area contributed by atoms with Gasteiger partial charge in [0.05, 0.1) is 11.1 Å². The predicted octanol–water partition coefficient (Wildman–Crippen LogP) is 2.24. The molecule has 1 aromatic rings. The van der Waals surface area contributed by atoms with Crippen LogP contribution in [0.4, 0.5) is 9.59 Å². The molecule has 8 heteroatoms. The molecule has 0 unspecified atom stereocenters. The quantitative estimate of drug-likeness (QED) is 0.567. The van der Waals surface area contributed by atoms with Gasteiger partial charge in [0.15, 0.2) is 0 Å². The average molecular weight is 419 g/mol. The Bertz CT molecular complexity index is 698. The van der Waals surface area contributed by atoms with E-state index in [9.17, 15) is 9.59 Å². The molecular formula is C22H34N4O4. The fourth-order valence-electron chi connectivity index (χ4n) is 3.15. The molecule has 3 rings (SSSR count). The molecule has 2 saturated heterocycles. The van der Waals surface area contributed by atoms with E-state index in [-0.39, 0.29) is 0 Å². The third kappa shape index (κ3) is 6.88. The Morgan fingerprint density at radius 1 is 0.833 bits per heavy atom. The van der Waals surface area contributed by atoms with E-state index in [1.807, 2.05) is 52.0 Å². The van der Waals surface area contributed by atoms with Crippen molar-refractivity contribution in [3.8, 4) is 0 Å². The highest BCUT2D eigenvalue weighted by atomic mass is 16.6. The third-order valence-corrected chi connectivity index (χ3v) is 5.50. The number of hydrogen-bond acceptors (Lipinski definition) is 6. The summed E-state index contributed by atoms with van der Waals surface area (Å²) in [6.07, 6.45) is -0.862. The molecule has 0 bridgehead atoms. The summed E-state index contributed by atoms with van der Waals surface area (Å²) in [6.45, 7) is 14.4. The number of carbonyl (C=O) groups excluding carboxylic acids is 2. The Morgan fingerprint density at radius 3 is 1.60 bits per heavy atom. The Balaban J connectivity index is 1.55. The zero-order valence-electron chi connectivity index (χ0n) is 18.5. The maximum atomic E-state index is 12.2. The van der Waals surface area contributed by atoms with E-state index in [4.69, 9.17) is 9.47 Å². The molecule has 2 aliphatic rings. The normalized spacial score (nSPS) is 16.7. The van der Waals surface area contributed by atoms with Gasteiger partial charge in [-0.1, -0.05) is 24.3 Å². The van der Waals surface area contributed by atoms with Crippen LogP contribution in [0.5, 0.6) is 0 Å². The summed E-state index contributed by atoms with van der Waals surface area (Å²) in [6, 6.07) is 7.83. The summed E-state index contributed by atoms with van der Waals surface area (Å²) >= 11 is 0. The maximum Gasteiger partial charge on any atom is 0.407 e. The Morgan fingerprint density at radius 2 is 1.23 bits per heavy atom. The lowest BCUT2D eigenvalue weighted by Gasteiger charge is -2.30. The number of alkyl carbamates (subject to hydrolysis) is 2. The van der Waals surface area contributed by atoms with E-state index < -0.39 is 23.3 Å². The van der Waals surface area contributed by atoms with Gasteiger partial charge in [0.2, 0.25) is 0 Å². The molecule has 0 spiro atoms. The summed E-state index contributed by atoms with van der Waals surface area (Å²) in [5.41, 5.74) is 0.602. The molecule has 2 fully saturated rings. The van der Waals surface area contributed by atoms with Crippen LogP contribution in [0.1, 0.15) is 38.8 Å². The van der Waals surface area contributed by atoms with E-state index in [1.54, 1.807) is 0 Å². The minimum atomic E-state index is -0.623. The summed E-state index contributed by atoms with van der Waals surface area (Å²) in [5.74, 6) is 0. The zero-order chi connectivity index (χ0) is 21.8. The van der Waals surface area contributed by atoms with Gasteiger partial charge >= 0.3 is 12.2 Å². The molecule has 166 valence electrons. The number of carbonyl (C=O) groups is 2. The van der Waals surface area contributed by atoms with Crippen molar-refractivity contribution in [3.63, 3.8) is 0 Å². The molecule has 2 aliphatic heterocycles. The van der Waals surface area contributed by atoms with E-state index in [2.05, 4.69) is 20.4 Å². The van der Waals surface area contributed by atoms with Crippen LogP contribution in [0.25, 0.3) is 0 Å². The van der Waals surface area contributed by atoms with Gasteiger partial charge in [-0.2, -0.15) is 0 Å². The molecule has 8 nitrogen and oxygen atoms in total. The van der Waals surface area contributed by atoms with Crippen molar-refractivity contribution in [2.24, 2.45) is 0 Å². The monoisotopic (exact) mass is 418 g/mol. The van der Waals surface area contributed by atoms with Gasteiger partial charge in [-0.15, -0.1) is 0 Å². The van der Waals surface area contributed by atoms with Gasteiger partial charge in [-0.05, 0) is 38.8 Å². The van der Waals surface area contributed by atoms with Crippen molar-refractivity contribution in [2.75, 3.05) is 52.5 Å². The minimum absolute atomic E-state index is 0.388. The minimum Gasteiger partial charge on any atom is -0.448 e. The van der Waals surface area contributed by atoms with Gasteiger partial charge in [-0.3, -0.25) is 9.80 Å². The highest BCUT2D eigenvalue weighted by Crippen LogP contribution is 2.27. The fourth-order valence-corrected chi connectivity index (χ4v) is 3.15. The highest BCUT2D eigenvalue weighted by molar-refractivity contribution is 5.69. The van der Waals surface area contributed by atoms with Crippen LogP contribution in [0, 0.1) is 0 Å². The van der Waals surface area contributed by atoms with Crippen molar-refractivity contribution in [3.05, 3.63) is 35.4 Å². The van der Waals surface area contributed by atoms with Crippen LogP contribution in [0.3, 0.4) is 0 Å². The lowest BCUT2D eigenvalue weighted by atomic mass is 9.87. The second-order valence-electron chi connectivity index (χ2n) is 9.04. The van der Waals surface area contributed by atoms with Gasteiger partial charge < -0.3 is 20.1 Å². The van der Waals surface area contributed by atoms with Gasteiger partial charge in [0.25, 0.3) is 0 Å². The molecule has 2 amide bonds. The highest BCUT2D eigenvalue weighted by Gasteiger charge is 2.28. The first-order valence-electron chi connectivity index (χ1n) is 10.6. The maximum absolute atomic E-state index is 12.2. The summed E-state index contributed by atoms with van der Waals surface area (Å²) in [5, 5.41) is 5.87. The van der Waals surface area contributed by atoms with Crippen LogP contribution in [0.15, 0.2) is 24.3 Å². The van der Waals surface area contributed by atoms with Crippen molar-refractivity contribution in [1.29, 1.82) is 0 Å². The van der Waals surface area contributed by atoms with E-state index in [0.717, 1.165) is 50.4 Å². The first kappa shape index (κ1) is 22.4. The van der Waals surface area contributed by atoms with Crippen LogP contribution < -0.4 is 10.6 Å². The van der Waals surface area contributed by atoms with Crippen LogP contribution >= 0.6 is 0 Å². The summed E-state index contributed by atoms with van der Waals surface area (Å²) < 4.78 is 10.6. The van der Waals surface area contributed by atoms with Crippen molar-refractivity contribution >= 4 is 12.2 Å². The Hall–Kier alpha value is -2.32. The van der Waals surface area contributed by atoms with E-state index in [0.29, 0.717) is 13.2 Å². The van der Waals surface area contributed by atoms with Crippen LogP contribution in [0.2, 0.25) is 0 Å². The number of ether oxygens (including phenoxy) is 2. The van der Waals surface area contributed by atoms with Crippen LogP contribution in [-0.4, -0.2) is 74.5 Å². The molecule has 0 radical (unpaired) electrons. The summed E-state index contributed by atoms with van der Waals surface area (Å²) in [4.78, 5) is 28.8. The van der Waals surface area contributed by atoms with E-state index >= 15 is 0 Å². The van der Waals surface area contributed by atoms with Gasteiger partial charge in [0, 0.05) is 39.3 Å². The lowest BCUT2D eigenvalue weighted by Crippen LogP contribution is -2.43. The molecule has 0 saturated carbocycles. The molecule has 0 atom stereocenters. The topological polar surface area (TPSA) is 82.7 Å². The number of nitrogens with zero attached hydrogens (tertiary/aromatic N) is 2. The standard InChI is InChI=1S/C22H34N4O4/c1-21(2,23-19(27)29-14-12-25-8-9-25)17-6-5-7-18(16-17)22(3,4)24-20(28)30-15-13-26-10-11-26/h5-7,16H,8-15H2,1-4H3,(H,23,27)(H,24,28). The molecular weight excluding hydrogens is 384 g/mol. The predicted molar refractivity (Wildman–Crippen MR) is 114 cm³/mol. The first-order valence-corrected chi connectivity index (χ1v) is 10.6. The molecule has 2 N–H and O–H groups in total. The Kier molecular flexibility index (Phi) is 6.88. The van der Waals surface area contributed by atoms with Crippen molar-refractivity contribution < 1.29 is 19.1 Å². The number of amides is 2. The second kappa shape index (κ2) is 9.22. The first-order chi connectivity index (χ1) is 14.2. The fraction of sp³-hybridized carbons (Fsp3) is 0.636.